The summed E-state index contributed by atoms with van der Waals surface area (Å²) in [4.78, 5) is 14.0. The first kappa shape index (κ1) is 13.9. The largest absolute Gasteiger partial charge is 0.449 e. The van der Waals surface area contributed by atoms with Crippen LogP contribution in [0.25, 0.3) is 0 Å². The number of aromatic nitrogens is 1. The summed E-state index contributed by atoms with van der Waals surface area (Å²) in [6, 6.07) is 6.68. The van der Waals surface area contributed by atoms with E-state index in [1.807, 2.05) is 0 Å². The number of ether oxygens (including phenoxy) is 1. The van der Waals surface area contributed by atoms with Gasteiger partial charge >= 0.3 is 5.69 Å². The maximum atomic E-state index is 11.4. The second kappa shape index (κ2) is 5.25. The van der Waals surface area contributed by atoms with Crippen LogP contribution in [0, 0.1) is 10.1 Å². The van der Waals surface area contributed by atoms with Gasteiger partial charge in [-0.15, -0.1) is 0 Å². The molecule has 0 unspecified atom stereocenters. The van der Waals surface area contributed by atoms with Gasteiger partial charge in [-0.25, -0.2) is 8.42 Å². The van der Waals surface area contributed by atoms with Gasteiger partial charge in [0, 0.05) is 18.5 Å². The van der Waals surface area contributed by atoms with E-state index in [-0.39, 0.29) is 10.6 Å². The molecule has 1 aromatic carbocycles. The van der Waals surface area contributed by atoms with Gasteiger partial charge in [0.05, 0.1) is 16.0 Å². The molecule has 0 aliphatic heterocycles. The number of sulfone groups is 1. The van der Waals surface area contributed by atoms with Crippen molar-refractivity contribution < 1.29 is 18.1 Å². The first-order valence-electron chi connectivity index (χ1n) is 5.44. The van der Waals surface area contributed by atoms with E-state index in [0.717, 1.165) is 12.3 Å². The quantitative estimate of drug-likeness (QED) is 0.633. The van der Waals surface area contributed by atoms with Crippen LogP contribution in [0.1, 0.15) is 0 Å². The van der Waals surface area contributed by atoms with Gasteiger partial charge in [0.2, 0.25) is 5.75 Å². The van der Waals surface area contributed by atoms with Crippen molar-refractivity contribution in [3.63, 3.8) is 0 Å². The zero-order chi connectivity index (χ0) is 14.8. The van der Waals surface area contributed by atoms with E-state index < -0.39 is 20.4 Å². The molecule has 0 aliphatic carbocycles. The minimum absolute atomic E-state index is 0.0459. The van der Waals surface area contributed by atoms with Crippen molar-refractivity contribution in [3.05, 3.63) is 52.8 Å². The van der Waals surface area contributed by atoms with Crippen LogP contribution in [-0.4, -0.2) is 24.6 Å². The van der Waals surface area contributed by atoms with Gasteiger partial charge < -0.3 is 4.74 Å². The Labute approximate surface area is 114 Å². The molecule has 7 nitrogen and oxygen atoms in total. The number of nitro benzene ring substituents is 1. The van der Waals surface area contributed by atoms with E-state index >= 15 is 0 Å². The number of pyridine rings is 1. The molecule has 0 spiro atoms. The minimum atomic E-state index is -3.52. The van der Waals surface area contributed by atoms with Crippen molar-refractivity contribution in [1.29, 1.82) is 0 Å². The van der Waals surface area contributed by atoms with Crippen LogP contribution in [-0.2, 0) is 9.84 Å². The molecular weight excluding hydrogens is 284 g/mol. The maximum absolute atomic E-state index is 11.4. The van der Waals surface area contributed by atoms with E-state index in [1.54, 1.807) is 12.1 Å². The molecule has 0 fully saturated rings. The fourth-order valence-corrected chi connectivity index (χ4v) is 2.13. The Morgan fingerprint density at radius 3 is 2.60 bits per heavy atom. The molecule has 0 amide bonds. The second-order valence-corrected chi connectivity index (χ2v) is 5.97. The molecule has 1 heterocycles. The summed E-state index contributed by atoms with van der Waals surface area (Å²) in [5.41, 5.74) is -0.420. The predicted molar refractivity (Wildman–Crippen MR) is 70.5 cm³/mol. The summed E-state index contributed by atoms with van der Waals surface area (Å²) in [6.07, 6.45) is 3.91. The topological polar surface area (TPSA) is 99.4 Å². The summed E-state index contributed by atoms with van der Waals surface area (Å²) in [5, 5.41) is 11.0. The highest BCUT2D eigenvalue weighted by Crippen LogP contribution is 2.32. The van der Waals surface area contributed by atoms with Gasteiger partial charge in [-0.3, -0.25) is 15.1 Å². The molecule has 0 saturated carbocycles. The van der Waals surface area contributed by atoms with Gasteiger partial charge in [0.1, 0.15) is 5.75 Å². The molecule has 0 saturated heterocycles. The molecule has 8 heteroatoms. The molecule has 2 aromatic rings. The first-order valence-corrected chi connectivity index (χ1v) is 7.33. The fraction of sp³-hybridized carbons (Fsp3) is 0.0833. The van der Waals surface area contributed by atoms with Gasteiger partial charge in [-0.05, 0) is 24.3 Å². The smallest absolute Gasteiger partial charge is 0.312 e. The van der Waals surface area contributed by atoms with E-state index in [4.69, 9.17) is 4.74 Å². The molecule has 0 aliphatic rings. The highest BCUT2D eigenvalue weighted by atomic mass is 32.2. The van der Waals surface area contributed by atoms with Crippen molar-refractivity contribution in [2.24, 2.45) is 0 Å². The molecule has 1 aromatic heterocycles. The van der Waals surface area contributed by atoms with E-state index in [1.165, 1.54) is 24.5 Å². The lowest BCUT2D eigenvalue weighted by Crippen LogP contribution is -2.00. The number of hydrogen-bond donors (Lipinski definition) is 0. The molecule has 0 bridgehead atoms. The first-order chi connectivity index (χ1) is 9.38. The van der Waals surface area contributed by atoms with Crippen LogP contribution < -0.4 is 4.74 Å². The van der Waals surface area contributed by atoms with Crippen LogP contribution in [0.3, 0.4) is 0 Å². The monoisotopic (exact) mass is 294 g/mol. The van der Waals surface area contributed by atoms with Crippen LogP contribution >= 0.6 is 0 Å². The second-order valence-electron chi connectivity index (χ2n) is 3.95. The lowest BCUT2D eigenvalue weighted by atomic mass is 10.3. The number of hydrogen-bond acceptors (Lipinski definition) is 6. The molecule has 0 radical (unpaired) electrons. The summed E-state index contributed by atoms with van der Waals surface area (Å²) in [7, 11) is -3.52. The van der Waals surface area contributed by atoms with Crippen molar-refractivity contribution in [3.8, 4) is 11.5 Å². The van der Waals surface area contributed by atoms with Gasteiger partial charge in [-0.2, -0.15) is 0 Å². The van der Waals surface area contributed by atoms with E-state index in [9.17, 15) is 18.5 Å². The van der Waals surface area contributed by atoms with Gasteiger partial charge in [-0.1, -0.05) is 0 Å². The molecule has 104 valence electrons. The highest BCUT2D eigenvalue weighted by molar-refractivity contribution is 7.90. The van der Waals surface area contributed by atoms with E-state index in [2.05, 4.69) is 4.98 Å². The Hall–Kier alpha value is -2.48. The molecule has 2 rings (SSSR count). The lowest BCUT2D eigenvalue weighted by molar-refractivity contribution is -0.385. The van der Waals surface area contributed by atoms with Crippen molar-refractivity contribution >= 4 is 15.5 Å². The number of rotatable bonds is 4. The summed E-state index contributed by atoms with van der Waals surface area (Å²) < 4.78 is 28.1. The van der Waals surface area contributed by atoms with Crippen LogP contribution in [0.4, 0.5) is 5.69 Å². The Kier molecular flexibility index (Phi) is 3.66. The average molecular weight is 294 g/mol. The maximum Gasteiger partial charge on any atom is 0.312 e. The predicted octanol–water partition coefficient (Wildman–Crippen LogP) is 2.19. The Balaban J connectivity index is 2.46. The molecule has 0 N–H and O–H groups in total. The third-order valence-electron chi connectivity index (χ3n) is 2.42. The normalized spacial score (nSPS) is 11.1. The SMILES string of the molecule is CS(=O)(=O)c1ccc(Oc2cccnc2)c([N+](=O)[O-])c1. The molecule has 0 atom stereocenters. The number of nitrogens with zero attached hydrogens (tertiary/aromatic N) is 2. The van der Waals surface area contributed by atoms with Crippen molar-refractivity contribution in [2.75, 3.05) is 6.26 Å². The van der Waals surface area contributed by atoms with Crippen LogP contribution in [0.2, 0.25) is 0 Å². The number of nitro groups is 1. The van der Waals surface area contributed by atoms with Crippen molar-refractivity contribution in [1.82, 2.24) is 4.98 Å². The summed E-state index contributed by atoms with van der Waals surface area (Å²) in [5.74, 6) is 0.276. The van der Waals surface area contributed by atoms with Crippen LogP contribution in [0.15, 0.2) is 47.6 Å². The summed E-state index contributed by atoms with van der Waals surface area (Å²) >= 11 is 0. The lowest BCUT2D eigenvalue weighted by Gasteiger charge is -2.06. The van der Waals surface area contributed by atoms with E-state index in [0.29, 0.717) is 5.75 Å². The highest BCUT2D eigenvalue weighted by Gasteiger charge is 2.20. The molecular formula is C12H10N2O5S. The Morgan fingerprint density at radius 2 is 2.05 bits per heavy atom. The van der Waals surface area contributed by atoms with Gasteiger partial charge in [0.15, 0.2) is 9.84 Å². The van der Waals surface area contributed by atoms with Gasteiger partial charge in [0.25, 0.3) is 0 Å². The Bertz CT molecular complexity index is 744. The summed E-state index contributed by atoms with van der Waals surface area (Å²) in [6.45, 7) is 0. The number of benzene rings is 1. The third-order valence-corrected chi connectivity index (χ3v) is 3.53. The minimum Gasteiger partial charge on any atom is -0.449 e. The van der Waals surface area contributed by atoms with Crippen molar-refractivity contribution in [2.45, 2.75) is 4.90 Å². The Morgan fingerprint density at radius 1 is 1.30 bits per heavy atom. The average Bonchev–Trinajstić information content (AvgIpc) is 2.38. The zero-order valence-electron chi connectivity index (χ0n) is 10.4. The third kappa shape index (κ3) is 3.09. The molecule has 20 heavy (non-hydrogen) atoms. The standard InChI is InChI=1S/C12H10N2O5S/c1-20(17,18)10-4-5-12(11(7-10)14(15)16)19-9-3-2-6-13-8-9/h2-8H,1H3. The fourth-order valence-electron chi connectivity index (χ4n) is 1.49. The zero-order valence-corrected chi connectivity index (χ0v) is 11.2. The van der Waals surface area contributed by atoms with Crippen LogP contribution in [0.5, 0.6) is 11.5 Å².